The summed E-state index contributed by atoms with van der Waals surface area (Å²) in [7, 11) is 4.93. The van der Waals surface area contributed by atoms with Crippen LogP contribution in [0.2, 0.25) is 0 Å². The number of benzene rings is 2. The zero-order chi connectivity index (χ0) is 20.8. The van der Waals surface area contributed by atoms with Crippen molar-refractivity contribution in [3.05, 3.63) is 53.6 Å². The fourth-order valence-corrected chi connectivity index (χ4v) is 3.68. The van der Waals surface area contributed by atoms with Gasteiger partial charge in [-0.25, -0.2) is 0 Å². The molecule has 0 aliphatic heterocycles. The van der Waals surface area contributed by atoms with E-state index < -0.39 is 0 Å². The summed E-state index contributed by atoms with van der Waals surface area (Å²) in [6.07, 6.45) is 0. The van der Waals surface area contributed by atoms with Crippen LogP contribution in [0.3, 0.4) is 0 Å². The van der Waals surface area contributed by atoms with Gasteiger partial charge in [0.1, 0.15) is 0 Å². The fraction of sp³-hybridized carbons (Fsp3) is 0.300. The van der Waals surface area contributed by atoms with E-state index in [-0.39, 0.29) is 11.7 Å². The van der Waals surface area contributed by atoms with Crippen LogP contribution in [0.25, 0.3) is 5.69 Å². The van der Waals surface area contributed by atoms with Crippen molar-refractivity contribution in [1.29, 1.82) is 0 Å². The smallest absolute Gasteiger partial charge is 0.233 e. The molecule has 3 rings (SSSR count). The van der Waals surface area contributed by atoms with Gasteiger partial charge < -0.3 is 14.4 Å². The van der Waals surface area contributed by atoms with Gasteiger partial charge in [-0.3, -0.25) is 4.79 Å². The first kappa shape index (κ1) is 20.7. The van der Waals surface area contributed by atoms with E-state index in [0.717, 1.165) is 16.8 Å². The molecule has 0 atom stereocenters. The van der Waals surface area contributed by atoms with E-state index in [2.05, 4.69) is 15.5 Å². The number of hydrogen-bond acceptors (Lipinski definition) is 7. The maximum absolute atomic E-state index is 12.7. The molecule has 0 aliphatic carbocycles. The van der Waals surface area contributed by atoms with Crippen LogP contribution in [0.15, 0.2) is 47.6 Å². The van der Waals surface area contributed by atoms with E-state index in [1.807, 2.05) is 49.4 Å². The number of methoxy groups -OCH3 is 2. The van der Waals surface area contributed by atoms with Gasteiger partial charge in [-0.1, -0.05) is 36.0 Å². The molecule has 0 aliphatic rings. The quantitative estimate of drug-likeness (QED) is 0.525. The molecule has 0 unspecified atom stereocenters. The van der Waals surface area contributed by atoms with Crippen LogP contribution in [-0.2, 0) is 11.3 Å². The van der Waals surface area contributed by atoms with E-state index in [0.29, 0.717) is 23.2 Å². The second-order valence-corrected chi connectivity index (χ2v) is 7.35. The van der Waals surface area contributed by atoms with E-state index >= 15 is 0 Å². The van der Waals surface area contributed by atoms with Crippen molar-refractivity contribution in [3.8, 4) is 17.2 Å². The Balaban J connectivity index is 1.66. The van der Waals surface area contributed by atoms with Crippen molar-refractivity contribution in [1.82, 2.24) is 25.1 Å². The lowest BCUT2D eigenvalue weighted by molar-refractivity contribution is -0.127. The van der Waals surface area contributed by atoms with E-state index in [1.54, 1.807) is 30.8 Å². The van der Waals surface area contributed by atoms with Crippen LogP contribution in [0, 0.1) is 6.92 Å². The van der Waals surface area contributed by atoms with Gasteiger partial charge in [0.15, 0.2) is 11.5 Å². The van der Waals surface area contributed by atoms with Gasteiger partial charge in [0.05, 0.1) is 25.7 Å². The Morgan fingerprint density at radius 1 is 1.17 bits per heavy atom. The number of aryl methyl sites for hydroxylation is 1. The predicted octanol–water partition coefficient (Wildman–Crippen LogP) is 2.74. The molecule has 9 heteroatoms. The molecule has 29 heavy (non-hydrogen) atoms. The minimum atomic E-state index is -0.0429. The highest BCUT2D eigenvalue weighted by molar-refractivity contribution is 7.99. The van der Waals surface area contributed by atoms with Gasteiger partial charge in [-0.05, 0) is 41.1 Å². The number of amides is 1. The SMILES string of the molecule is COc1cccc(CN(C)C(=O)CSc2nnnn2-c2cccc(C)c2)c1OC. The van der Waals surface area contributed by atoms with Crippen molar-refractivity contribution in [2.24, 2.45) is 0 Å². The first-order valence-corrected chi connectivity index (χ1v) is 9.94. The monoisotopic (exact) mass is 413 g/mol. The Morgan fingerprint density at radius 3 is 2.69 bits per heavy atom. The summed E-state index contributed by atoms with van der Waals surface area (Å²) in [5.41, 5.74) is 2.84. The standard InChI is InChI=1S/C20H23N5O3S/c1-14-7-5-9-16(11-14)25-20(21-22-23-25)29-13-18(26)24(2)12-15-8-6-10-17(27-3)19(15)28-4/h5-11H,12-13H2,1-4H3. The maximum atomic E-state index is 12.7. The topological polar surface area (TPSA) is 82.4 Å². The van der Waals surface area contributed by atoms with Gasteiger partial charge in [0.25, 0.3) is 0 Å². The summed E-state index contributed by atoms with van der Waals surface area (Å²) in [5, 5.41) is 12.4. The highest BCUT2D eigenvalue weighted by atomic mass is 32.2. The van der Waals surface area contributed by atoms with Crippen LogP contribution < -0.4 is 9.47 Å². The number of hydrogen-bond donors (Lipinski definition) is 0. The molecule has 0 radical (unpaired) electrons. The molecular weight excluding hydrogens is 390 g/mol. The van der Waals surface area contributed by atoms with E-state index in [1.165, 1.54) is 11.8 Å². The van der Waals surface area contributed by atoms with Gasteiger partial charge >= 0.3 is 0 Å². The Bertz CT molecular complexity index is 992. The number of thioether (sulfide) groups is 1. The van der Waals surface area contributed by atoms with Crippen LogP contribution in [-0.4, -0.2) is 58.0 Å². The molecule has 1 amide bonds. The zero-order valence-electron chi connectivity index (χ0n) is 16.8. The summed E-state index contributed by atoms with van der Waals surface area (Å²) >= 11 is 1.30. The Kier molecular flexibility index (Phi) is 6.71. The highest BCUT2D eigenvalue weighted by Gasteiger charge is 2.17. The van der Waals surface area contributed by atoms with Crippen LogP contribution in [0.4, 0.5) is 0 Å². The largest absolute Gasteiger partial charge is 0.493 e. The molecule has 2 aromatic carbocycles. The first-order chi connectivity index (χ1) is 14.0. The number of tetrazole rings is 1. The summed E-state index contributed by atoms with van der Waals surface area (Å²) < 4.78 is 12.4. The molecule has 0 saturated heterocycles. The Morgan fingerprint density at radius 2 is 1.97 bits per heavy atom. The average Bonchev–Trinajstić information content (AvgIpc) is 3.20. The predicted molar refractivity (Wildman–Crippen MR) is 111 cm³/mol. The molecule has 0 N–H and O–H groups in total. The number of rotatable bonds is 8. The second-order valence-electron chi connectivity index (χ2n) is 6.40. The fourth-order valence-electron chi connectivity index (χ4n) is 2.85. The van der Waals surface area contributed by atoms with Crippen LogP contribution in [0.5, 0.6) is 11.5 Å². The molecule has 0 bridgehead atoms. The minimum absolute atomic E-state index is 0.0429. The highest BCUT2D eigenvalue weighted by Crippen LogP contribution is 2.31. The van der Waals surface area contributed by atoms with E-state index in [4.69, 9.17) is 9.47 Å². The second kappa shape index (κ2) is 9.42. The normalized spacial score (nSPS) is 10.6. The summed E-state index contributed by atoms with van der Waals surface area (Å²) in [4.78, 5) is 14.3. The number of carbonyl (C=O) groups excluding carboxylic acids is 1. The first-order valence-electron chi connectivity index (χ1n) is 8.95. The molecule has 8 nitrogen and oxygen atoms in total. The Hall–Kier alpha value is -3.07. The zero-order valence-corrected chi connectivity index (χ0v) is 17.6. The number of ether oxygens (including phenoxy) is 2. The Labute approximate surface area is 173 Å². The van der Waals surface area contributed by atoms with Gasteiger partial charge in [0, 0.05) is 19.2 Å². The summed E-state index contributed by atoms with van der Waals surface area (Å²) in [6.45, 7) is 2.41. The minimum Gasteiger partial charge on any atom is -0.493 e. The molecule has 0 saturated carbocycles. The molecule has 152 valence electrons. The summed E-state index contributed by atoms with van der Waals surface area (Å²) in [6, 6.07) is 13.5. The third-order valence-electron chi connectivity index (χ3n) is 4.33. The lowest BCUT2D eigenvalue weighted by Gasteiger charge is -2.19. The number of para-hydroxylation sites is 1. The van der Waals surface area contributed by atoms with Crippen molar-refractivity contribution in [2.75, 3.05) is 27.0 Å². The number of nitrogens with zero attached hydrogens (tertiary/aromatic N) is 5. The molecular formula is C20H23N5O3S. The molecule has 0 fully saturated rings. The van der Waals surface area contributed by atoms with Crippen molar-refractivity contribution in [3.63, 3.8) is 0 Å². The molecule has 1 heterocycles. The number of carbonyl (C=O) groups is 1. The lowest BCUT2D eigenvalue weighted by Crippen LogP contribution is -2.28. The third kappa shape index (κ3) is 4.86. The molecule has 1 aromatic heterocycles. The average molecular weight is 414 g/mol. The molecule has 3 aromatic rings. The van der Waals surface area contributed by atoms with Gasteiger partial charge in [-0.2, -0.15) is 4.68 Å². The van der Waals surface area contributed by atoms with E-state index in [9.17, 15) is 4.79 Å². The third-order valence-corrected chi connectivity index (χ3v) is 5.23. The summed E-state index contributed by atoms with van der Waals surface area (Å²) in [5.74, 6) is 1.44. The van der Waals surface area contributed by atoms with Crippen LogP contribution >= 0.6 is 11.8 Å². The van der Waals surface area contributed by atoms with Crippen molar-refractivity contribution in [2.45, 2.75) is 18.6 Å². The van der Waals surface area contributed by atoms with Crippen molar-refractivity contribution >= 4 is 17.7 Å². The van der Waals surface area contributed by atoms with Crippen molar-refractivity contribution < 1.29 is 14.3 Å². The van der Waals surface area contributed by atoms with Gasteiger partial charge in [0.2, 0.25) is 11.1 Å². The number of aromatic nitrogens is 4. The van der Waals surface area contributed by atoms with Gasteiger partial charge in [-0.15, -0.1) is 5.10 Å². The molecule has 0 spiro atoms. The maximum Gasteiger partial charge on any atom is 0.233 e. The van der Waals surface area contributed by atoms with Crippen LogP contribution in [0.1, 0.15) is 11.1 Å². The lowest BCUT2D eigenvalue weighted by atomic mass is 10.1.